The Hall–Kier alpha value is -1.94. The third-order valence-electron chi connectivity index (χ3n) is 18.3. The van der Waals surface area contributed by atoms with Crippen LogP contribution in [0.2, 0.25) is 0 Å². The molecule has 0 radical (unpaired) electrons. The van der Waals surface area contributed by atoms with E-state index in [4.69, 9.17) is 37.0 Å². The van der Waals surface area contributed by atoms with E-state index in [0.29, 0.717) is 31.6 Å². The van der Waals surface area contributed by atoms with Gasteiger partial charge in [0.15, 0.2) is 12.2 Å². The van der Waals surface area contributed by atoms with Crippen LogP contribution in [-0.2, 0) is 65.4 Å². The summed E-state index contributed by atoms with van der Waals surface area (Å²) < 4.78 is 68.6. The first-order valence-electron chi connectivity index (χ1n) is 40.6. The van der Waals surface area contributed by atoms with Gasteiger partial charge < -0.3 is 33.8 Å². The fourth-order valence-corrected chi connectivity index (χ4v) is 13.6. The van der Waals surface area contributed by atoms with Gasteiger partial charge in [-0.2, -0.15) is 0 Å². The second-order valence-corrected chi connectivity index (χ2v) is 31.5. The number of phosphoric acid groups is 2. The molecule has 0 rings (SSSR count). The van der Waals surface area contributed by atoms with Crippen molar-refractivity contribution in [1.29, 1.82) is 0 Å². The number of rotatable bonds is 78. The Balaban J connectivity index is 5.22. The van der Waals surface area contributed by atoms with Gasteiger partial charge in [-0.15, -0.1) is 0 Å². The van der Waals surface area contributed by atoms with E-state index in [1.54, 1.807) is 0 Å². The molecule has 0 saturated carbocycles. The summed E-state index contributed by atoms with van der Waals surface area (Å²) in [6.07, 6.45) is 61.1. The summed E-state index contributed by atoms with van der Waals surface area (Å²) in [4.78, 5) is 72.8. The number of phosphoric ester groups is 2. The minimum atomic E-state index is -4.96. The molecule has 0 heterocycles. The molecule has 0 aliphatic heterocycles. The van der Waals surface area contributed by atoms with Gasteiger partial charge in [0.1, 0.15) is 19.3 Å². The maximum Gasteiger partial charge on any atom is 0.472 e. The first-order chi connectivity index (χ1) is 47.0. The van der Waals surface area contributed by atoms with Crippen molar-refractivity contribution in [2.45, 2.75) is 432 Å². The van der Waals surface area contributed by atoms with E-state index in [1.807, 2.05) is 0 Å². The van der Waals surface area contributed by atoms with Crippen LogP contribution >= 0.6 is 15.6 Å². The molecule has 0 aliphatic rings. The third kappa shape index (κ3) is 72.2. The highest BCUT2D eigenvalue weighted by Gasteiger charge is 2.30. The fraction of sp³-hybridized carbons (Fsp3) is 0.949. The largest absolute Gasteiger partial charge is 0.472 e. The highest BCUT2D eigenvalue weighted by molar-refractivity contribution is 7.47. The molecule has 17 nitrogen and oxygen atoms in total. The maximum atomic E-state index is 13.1. The highest BCUT2D eigenvalue weighted by atomic mass is 31.2. The molecule has 0 aliphatic carbocycles. The van der Waals surface area contributed by atoms with E-state index in [-0.39, 0.29) is 25.7 Å². The SMILES string of the molecule is CCCCCCCCCCCCCCCCCCCCC(=O)OC[C@H](COP(=O)(O)OC[C@@H](O)COP(=O)(O)OC[C@@H](COC(=O)CCCCCCCCCC(C)C)OC(=O)CCCCCCCCCCCCC)OC(=O)CCCCCCCCCCCCCCCCCCCC. The molecule has 0 spiro atoms. The number of esters is 4. The van der Waals surface area contributed by atoms with Crippen LogP contribution in [0.15, 0.2) is 0 Å². The fourth-order valence-electron chi connectivity index (χ4n) is 12.1. The zero-order valence-corrected chi connectivity index (χ0v) is 65.0. The van der Waals surface area contributed by atoms with Crippen LogP contribution in [0.3, 0.4) is 0 Å². The van der Waals surface area contributed by atoms with Crippen molar-refractivity contribution < 1.29 is 80.2 Å². The van der Waals surface area contributed by atoms with Gasteiger partial charge in [0.05, 0.1) is 26.4 Å². The monoisotopic (exact) mass is 1420 g/mol. The molecule has 0 amide bonds. The first-order valence-corrected chi connectivity index (χ1v) is 43.6. The van der Waals surface area contributed by atoms with Gasteiger partial charge in [-0.1, -0.05) is 362 Å². The lowest BCUT2D eigenvalue weighted by molar-refractivity contribution is -0.161. The Morgan fingerprint density at radius 3 is 0.701 bits per heavy atom. The van der Waals surface area contributed by atoms with Crippen LogP contribution in [-0.4, -0.2) is 96.7 Å². The van der Waals surface area contributed by atoms with E-state index in [2.05, 4.69) is 34.6 Å². The van der Waals surface area contributed by atoms with Gasteiger partial charge in [0.2, 0.25) is 0 Å². The van der Waals surface area contributed by atoms with Crippen LogP contribution in [0.4, 0.5) is 0 Å². The Labute approximate surface area is 594 Å². The van der Waals surface area contributed by atoms with Crippen LogP contribution in [0, 0.1) is 5.92 Å². The highest BCUT2D eigenvalue weighted by Crippen LogP contribution is 2.45. The number of carbonyl (C=O) groups excluding carboxylic acids is 4. The molecule has 97 heavy (non-hydrogen) atoms. The lowest BCUT2D eigenvalue weighted by Gasteiger charge is -2.21. The summed E-state index contributed by atoms with van der Waals surface area (Å²) in [6.45, 7) is 7.25. The maximum absolute atomic E-state index is 13.1. The minimum absolute atomic E-state index is 0.107. The van der Waals surface area contributed by atoms with Gasteiger partial charge in [-0.3, -0.25) is 37.3 Å². The number of hydrogen-bond acceptors (Lipinski definition) is 15. The number of ether oxygens (including phenoxy) is 4. The van der Waals surface area contributed by atoms with Crippen molar-refractivity contribution in [3.63, 3.8) is 0 Å². The van der Waals surface area contributed by atoms with Crippen molar-refractivity contribution >= 4 is 39.5 Å². The molecule has 0 bridgehead atoms. The van der Waals surface area contributed by atoms with Gasteiger partial charge in [-0.05, 0) is 31.6 Å². The van der Waals surface area contributed by atoms with Crippen LogP contribution in [0.1, 0.15) is 413 Å². The Morgan fingerprint density at radius 1 is 0.278 bits per heavy atom. The Morgan fingerprint density at radius 2 is 0.474 bits per heavy atom. The average Bonchev–Trinajstić information content (AvgIpc) is 1.03. The van der Waals surface area contributed by atoms with E-state index >= 15 is 0 Å². The molecule has 19 heteroatoms. The summed E-state index contributed by atoms with van der Waals surface area (Å²) in [5, 5.41) is 10.6. The number of aliphatic hydroxyl groups excluding tert-OH is 1. The third-order valence-corrected chi connectivity index (χ3v) is 20.2. The van der Waals surface area contributed by atoms with Gasteiger partial charge in [-0.25, -0.2) is 9.13 Å². The van der Waals surface area contributed by atoms with Crippen molar-refractivity contribution in [1.82, 2.24) is 0 Å². The minimum Gasteiger partial charge on any atom is -0.462 e. The van der Waals surface area contributed by atoms with Crippen molar-refractivity contribution in [2.24, 2.45) is 5.92 Å². The lowest BCUT2D eigenvalue weighted by atomic mass is 10.0. The van der Waals surface area contributed by atoms with E-state index in [0.717, 1.165) is 96.3 Å². The molecule has 3 N–H and O–H groups in total. The number of hydrogen-bond donors (Lipinski definition) is 3. The molecule has 5 atom stereocenters. The molecule has 0 saturated heterocycles. The van der Waals surface area contributed by atoms with Crippen molar-refractivity contribution in [3.8, 4) is 0 Å². The molecule has 2 unspecified atom stereocenters. The van der Waals surface area contributed by atoms with Crippen LogP contribution in [0.5, 0.6) is 0 Å². The summed E-state index contributed by atoms with van der Waals surface area (Å²) in [5.41, 5.74) is 0. The molecule has 576 valence electrons. The Bertz CT molecular complexity index is 1860. The number of unbranched alkanes of at least 4 members (excludes halogenated alkanes) is 50. The van der Waals surface area contributed by atoms with Crippen LogP contribution in [0.25, 0.3) is 0 Å². The summed E-state index contributed by atoms with van der Waals surface area (Å²) in [7, 11) is -9.91. The standard InChI is InChI=1S/C78H152O17P2/c1-6-9-12-15-18-21-24-26-28-30-32-34-36-39-41-46-51-56-61-75(80)88-67-73(94-78(83)64-59-54-48-43-40-37-35-33-31-29-27-25-22-19-16-13-10-7-2)69-92-96(84,85)90-65-72(79)66-91-97(86,87)93-70-74(68-89-76(81)62-57-52-49-44-45-50-55-60-71(4)5)95-77(82)63-58-53-47-42-38-23-20-17-14-11-8-3/h71-74,79H,6-70H2,1-5H3,(H,84,85)(H,86,87)/t72-,73-,74-/m1/s1. The number of aliphatic hydroxyl groups is 1. The Kier molecular flexibility index (Phi) is 69.6. The van der Waals surface area contributed by atoms with Crippen molar-refractivity contribution in [3.05, 3.63) is 0 Å². The molecule has 0 aromatic carbocycles. The second-order valence-electron chi connectivity index (χ2n) is 28.6. The molecular formula is C78H152O17P2. The zero-order chi connectivity index (χ0) is 71.2. The smallest absolute Gasteiger partial charge is 0.462 e. The topological polar surface area (TPSA) is 237 Å². The van der Waals surface area contributed by atoms with E-state index in [1.165, 1.54) is 231 Å². The summed E-state index contributed by atoms with van der Waals surface area (Å²) in [6, 6.07) is 0. The predicted molar refractivity (Wildman–Crippen MR) is 395 cm³/mol. The van der Waals surface area contributed by atoms with Gasteiger partial charge in [0.25, 0.3) is 0 Å². The van der Waals surface area contributed by atoms with Crippen LogP contribution < -0.4 is 0 Å². The van der Waals surface area contributed by atoms with E-state index in [9.17, 15) is 43.2 Å². The predicted octanol–water partition coefficient (Wildman–Crippen LogP) is 23.3. The number of carbonyl (C=O) groups is 4. The molecule has 0 aromatic rings. The quantitative estimate of drug-likeness (QED) is 0.0222. The van der Waals surface area contributed by atoms with E-state index < -0.39 is 97.5 Å². The second kappa shape index (κ2) is 71.1. The molecule has 0 aromatic heterocycles. The van der Waals surface area contributed by atoms with Crippen molar-refractivity contribution in [2.75, 3.05) is 39.6 Å². The lowest BCUT2D eigenvalue weighted by Crippen LogP contribution is -2.30. The van der Waals surface area contributed by atoms with Gasteiger partial charge >= 0.3 is 39.5 Å². The summed E-state index contributed by atoms with van der Waals surface area (Å²) in [5.74, 6) is -1.41. The normalized spacial score (nSPS) is 13.9. The molecular weight excluding hydrogens is 1270 g/mol. The van der Waals surface area contributed by atoms with Gasteiger partial charge in [0, 0.05) is 25.7 Å². The average molecular weight is 1420 g/mol. The zero-order valence-electron chi connectivity index (χ0n) is 63.2. The molecule has 0 fully saturated rings. The summed E-state index contributed by atoms with van der Waals surface area (Å²) >= 11 is 0. The first kappa shape index (κ1) is 95.1.